The third-order valence-electron chi connectivity index (χ3n) is 4.46. The lowest BCUT2D eigenvalue weighted by molar-refractivity contribution is 0.0995. The fraction of sp³-hybridized carbons (Fsp3) is 0.143. The van der Waals surface area contributed by atoms with Gasteiger partial charge in [0, 0.05) is 6.54 Å². The third kappa shape index (κ3) is 3.02. The van der Waals surface area contributed by atoms with E-state index >= 15 is 0 Å². The quantitative estimate of drug-likeness (QED) is 0.514. The molecule has 1 heterocycles. The standard InChI is InChI=1S/C21H17FN2O2S/c1-3-24-19-16(22)9-6-10-18(19)27-21(24)23-20(25)15-11-13-7-4-5-8-14(13)12-17(15)26-2/h4-12H,3H2,1-2H3. The number of nitrogens with zero attached hydrogens (tertiary/aromatic N) is 2. The number of amides is 1. The van der Waals surface area contributed by atoms with Crippen LogP contribution in [0.2, 0.25) is 0 Å². The van der Waals surface area contributed by atoms with Gasteiger partial charge in [-0.1, -0.05) is 41.7 Å². The topological polar surface area (TPSA) is 43.6 Å². The highest BCUT2D eigenvalue weighted by atomic mass is 32.1. The first-order valence-electron chi connectivity index (χ1n) is 8.56. The van der Waals surface area contributed by atoms with Crippen LogP contribution >= 0.6 is 11.3 Å². The molecule has 1 aromatic heterocycles. The van der Waals surface area contributed by atoms with Gasteiger partial charge in [0.1, 0.15) is 11.6 Å². The highest BCUT2D eigenvalue weighted by Gasteiger charge is 2.15. The summed E-state index contributed by atoms with van der Waals surface area (Å²) in [5.41, 5.74) is 0.860. The molecule has 0 N–H and O–H groups in total. The predicted molar refractivity (Wildman–Crippen MR) is 106 cm³/mol. The molecule has 0 bridgehead atoms. The van der Waals surface area contributed by atoms with E-state index in [0.29, 0.717) is 28.2 Å². The van der Waals surface area contributed by atoms with E-state index in [9.17, 15) is 9.18 Å². The van der Waals surface area contributed by atoms with Crippen molar-refractivity contribution in [3.8, 4) is 5.75 Å². The van der Waals surface area contributed by atoms with Gasteiger partial charge in [0.2, 0.25) is 0 Å². The van der Waals surface area contributed by atoms with E-state index in [2.05, 4.69) is 4.99 Å². The zero-order valence-corrected chi connectivity index (χ0v) is 15.7. The second-order valence-electron chi connectivity index (χ2n) is 6.03. The van der Waals surface area contributed by atoms with Crippen LogP contribution in [0.5, 0.6) is 5.75 Å². The van der Waals surface area contributed by atoms with E-state index in [1.54, 1.807) is 16.7 Å². The van der Waals surface area contributed by atoms with Crippen LogP contribution in [0, 0.1) is 5.82 Å². The summed E-state index contributed by atoms with van der Waals surface area (Å²) in [4.78, 5) is 17.7. The molecule has 4 nitrogen and oxygen atoms in total. The van der Waals surface area contributed by atoms with Crippen LogP contribution < -0.4 is 9.54 Å². The summed E-state index contributed by atoms with van der Waals surface area (Å²) in [7, 11) is 1.53. The lowest BCUT2D eigenvalue weighted by atomic mass is 10.1. The molecule has 27 heavy (non-hydrogen) atoms. The van der Waals surface area contributed by atoms with Crippen LogP contribution in [-0.4, -0.2) is 17.6 Å². The lowest BCUT2D eigenvalue weighted by Gasteiger charge is -2.07. The summed E-state index contributed by atoms with van der Waals surface area (Å²) in [6.45, 7) is 2.42. The zero-order valence-electron chi connectivity index (χ0n) is 14.9. The largest absolute Gasteiger partial charge is 0.496 e. The van der Waals surface area contributed by atoms with Gasteiger partial charge in [-0.25, -0.2) is 4.39 Å². The minimum atomic E-state index is -0.410. The molecule has 0 saturated carbocycles. The summed E-state index contributed by atoms with van der Waals surface area (Å²) in [6, 6.07) is 16.3. The molecule has 0 saturated heterocycles. The Hall–Kier alpha value is -2.99. The monoisotopic (exact) mass is 380 g/mol. The number of aromatic nitrogens is 1. The number of hydrogen-bond donors (Lipinski definition) is 0. The third-order valence-corrected chi connectivity index (χ3v) is 5.51. The molecule has 4 aromatic rings. The normalized spacial score (nSPS) is 12.0. The van der Waals surface area contributed by atoms with Crippen LogP contribution in [0.15, 0.2) is 59.6 Å². The molecule has 3 aromatic carbocycles. The minimum Gasteiger partial charge on any atom is -0.496 e. The van der Waals surface area contributed by atoms with Crippen LogP contribution in [0.3, 0.4) is 0 Å². The maximum absolute atomic E-state index is 14.2. The molecule has 136 valence electrons. The molecule has 0 atom stereocenters. The Bertz CT molecular complexity index is 1240. The molecule has 0 aliphatic carbocycles. The first kappa shape index (κ1) is 17.4. The first-order valence-corrected chi connectivity index (χ1v) is 9.37. The number of carbonyl (C=O) groups is 1. The van der Waals surface area contributed by atoms with E-state index in [1.807, 2.05) is 43.3 Å². The van der Waals surface area contributed by atoms with Crippen molar-refractivity contribution in [3.63, 3.8) is 0 Å². The number of methoxy groups -OCH3 is 1. The molecule has 0 aliphatic rings. The number of ether oxygens (including phenoxy) is 1. The van der Waals surface area contributed by atoms with E-state index in [-0.39, 0.29) is 5.82 Å². The van der Waals surface area contributed by atoms with Crippen molar-refractivity contribution in [1.82, 2.24) is 4.57 Å². The SMILES string of the molecule is CCn1c(=NC(=O)c2cc3ccccc3cc2OC)sc2cccc(F)c21. The molecular formula is C21H17FN2O2S. The zero-order chi connectivity index (χ0) is 19.0. The van der Waals surface area contributed by atoms with Gasteiger partial charge < -0.3 is 9.30 Å². The maximum atomic E-state index is 14.2. The van der Waals surface area contributed by atoms with Crippen LogP contribution in [0.25, 0.3) is 21.0 Å². The predicted octanol–water partition coefficient (Wildman–Crippen LogP) is 4.76. The van der Waals surface area contributed by atoms with Crippen molar-refractivity contribution in [2.75, 3.05) is 7.11 Å². The molecule has 0 spiro atoms. The van der Waals surface area contributed by atoms with Crippen molar-refractivity contribution < 1.29 is 13.9 Å². The average molecular weight is 380 g/mol. The molecule has 0 fully saturated rings. The summed E-state index contributed by atoms with van der Waals surface area (Å²) in [5.74, 6) is -0.257. The van der Waals surface area contributed by atoms with Gasteiger partial charge in [-0.05, 0) is 42.0 Å². The van der Waals surface area contributed by atoms with E-state index in [0.717, 1.165) is 15.5 Å². The van der Waals surface area contributed by atoms with Crippen molar-refractivity contribution >= 4 is 38.2 Å². The summed E-state index contributed by atoms with van der Waals surface area (Å²) in [6.07, 6.45) is 0. The maximum Gasteiger partial charge on any atom is 0.283 e. The molecular weight excluding hydrogens is 363 g/mol. The Morgan fingerprint density at radius 2 is 1.89 bits per heavy atom. The van der Waals surface area contributed by atoms with Crippen LogP contribution in [0.1, 0.15) is 17.3 Å². The number of para-hydroxylation sites is 1. The van der Waals surface area contributed by atoms with Gasteiger partial charge in [0.15, 0.2) is 4.80 Å². The van der Waals surface area contributed by atoms with Gasteiger partial charge in [-0.2, -0.15) is 4.99 Å². The van der Waals surface area contributed by atoms with Crippen molar-refractivity contribution in [2.24, 2.45) is 4.99 Å². The van der Waals surface area contributed by atoms with E-state index in [4.69, 9.17) is 4.74 Å². The van der Waals surface area contributed by atoms with Crippen LogP contribution in [-0.2, 0) is 6.54 Å². The summed E-state index contributed by atoms with van der Waals surface area (Å²) in [5, 5.41) is 1.92. The van der Waals surface area contributed by atoms with Gasteiger partial charge in [-0.3, -0.25) is 4.79 Å². The Labute approximate surface area is 159 Å². The number of fused-ring (bicyclic) bond motifs is 2. The van der Waals surface area contributed by atoms with E-state index in [1.165, 1.54) is 24.5 Å². The number of hydrogen-bond acceptors (Lipinski definition) is 3. The Kier molecular flexibility index (Phi) is 4.49. The number of halogens is 1. The second kappa shape index (κ2) is 6.96. The molecule has 1 amide bonds. The van der Waals surface area contributed by atoms with Gasteiger partial charge in [0.25, 0.3) is 5.91 Å². The average Bonchev–Trinajstić information content (AvgIpc) is 3.05. The highest BCUT2D eigenvalue weighted by Crippen LogP contribution is 2.27. The van der Waals surface area contributed by atoms with Gasteiger partial charge in [0.05, 0.1) is 22.9 Å². The molecule has 0 unspecified atom stereocenters. The number of aryl methyl sites for hydroxylation is 1. The summed E-state index contributed by atoms with van der Waals surface area (Å²) >= 11 is 1.30. The molecule has 6 heteroatoms. The highest BCUT2D eigenvalue weighted by molar-refractivity contribution is 7.16. The fourth-order valence-electron chi connectivity index (χ4n) is 3.17. The van der Waals surface area contributed by atoms with Crippen LogP contribution in [0.4, 0.5) is 4.39 Å². The Morgan fingerprint density at radius 3 is 2.59 bits per heavy atom. The van der Waals surface area contributed by atoms with Gasteiger partial charge in [-0.15, -0.1) is 0 Å². The van der Waals surface area contributed by atoms with Crippen molar-refractivity contribution in [3.05, 3.63) is 70.8 Å². The van der Waals surface area contributed by atoms with E-state index < -0.39 is 5.91 Å². The number of benzene rings is 3. The van der Waals surface area contributed by atoms with Crippen molar-refractivity contribution in [1.29, 1.82) is 0 Å². The number of carbonyl (C=O) groups excluding carboxylic acids is 1. The number of thiazole rings is 1. The summed E-state index contributed by atoms with van der Waals surface area (Å²) < 4.78 is 22.1. The molecule has 0 radical (unpaired) electrons. The molecule has 4 rings (SSSR count). The smallest absolute Gasteiger partial charge is 0.283 e. The Morgan fingerprint density at radius 1 is 1.15 bits per heavy atom. The van der Waals surface area contributed by atoms with Crippen molar-refractivity contribution in [2.45, 2.75) is 13.5 Å². The fourth-order valence-corrected chi connectivity index (χ4v) is 4.27. The van der Waals surface area contributed by atoms with Gasteiger partial charge >= 0.3 is 0 Å². The number of rotatable bonds is 3. The Balaban J connectivity index is 1.90. The second-order valence-corrected chi connectivity index (χ2v) is 7.04. The minimum absolute atomic E-state index is 0.317. The lowest BCUT2D eigenvalue weighted by Crippen LogP contribution is -2.16. The first-order chi connectivity index (χ1) is 13.1. The molecule has 0 aliphatic heterocycles.